The van der Waals surface area contributed by atoms with Gasteiger partial charge in [0.05, 0.1) is 23.1 Å². The summed E-state index contributed by atoms with van der Waals surface area (Å²) in [6, 6.07) is 1.97. The Balaban J connectivity index is 2.96. The van der Waals surface area contributed by atoms with Crippen LogP contribution in [0.4, 0.5) is 0 Å². The fraction of sp³-hybridized carbons (Fsp3) is 0.250. The van der Waals surface area contributed by atoms with Crippen LogP contribution in [0.25, 0.3) is 5.52 Å². The summed E-state index contributed by atoms with van der Waals surface area (Å²) in [7, 11) is 0. The van der Waals surface area contributed by atoms with Crippen LogP contribution in [0.15, 0.2) is 18.5 Å². The van der Waals surface area contributed by atoms with Crippen LogP contribution in [-0.2, 0) is 0 Å². The molecule has 2 rings (SSSR count). The highest BCUT2D eigenvalue weighted by Crippen LogP contribution is 2.07. The Morgan fingerprint density at radius 3 is 2.91 bits per heavy atom. The van der Waals surface area contributed by atoms with Crippen LogP contribution in [0.3, 0.4) is 0 Å². The minimum Gasteiger partial charge on any atom is -0.257 e. The van der Waals surface area contributed by atoms with Gasteiger partial charge in [-0.3, -0.25) is 4.98 Å². The van der Waals surface area contributed by atoms with Gasteiger partial charge in [-0.25, -0.2) is 4.52 Å². The molecule has 0 saturated heterocycles. The summed E-state index contributed by atoms with van der Waals surface area (Å²) in [4.78, 5) is 4.22. The highest BCUT2D eigenvalue weighted by atomic mass is 15.2. The van der Waals surface area contributed by atoms with Crippen molar-refractivity contribution >= 4 is 5.52 Å². The molecule has 3 nitrogen and oxygen atoms in total. The number of nitrogens with zero attached hydrogens (tertiary/aromatic N) is 3. The summed E-state index contributed by atoms with van der Waals surface area (Å²) >= 11 is 0. The van der Waals surface area contributed by atoms with E-state index in [0.717, 1.165) is 16.9 Å². The first-order chi connectivity index (χ1) is 5.29. The van der Waals surface area contributed by atoms with E-state index in [2.05, 4.69) is 10.1 Å². The minimum atomic E-state index is 1.02. The summed E-state index contributed by atoms with van der Waals surface area (Å²) in [5.41, 5.74) is 3.17. The van der Waals surface area contributed by atoms with Crippen LogP contribution in [0.2, 0.25) is 0 Å². The lowest BCUT2D eigenvalue weighted by atomic mass is 10.3. The normalized spacial score (nSPS) is 10.7. The first kappa shape index (κ1) is 6.34. The summed E-state index contributed by atoms with van der Waals surface area (Å²) in [5.74, 6) is 0. The molecular formula is C8H9N3. The van der Waals surface area contributed by atoms with Crippen LogP contribution in [0.1, 0.15) is 11.4 Å². The molecule has 0 fully saturated rings. The second kappa shape index (κ2) is 2.05. The molecule has 0 unspecified atom stereocenters. The lowest BCUT2D eigenvalue weighted by Crippen LogP contribution is -1.96. The Labute approximate surface area is 64.7 Å². The van der Waals surface area contributed by atoms with Crippen LogP contribution < -0.4 is 0 Å². The highest BCUT2D eigenvalue weighted by Gasteiger charge is 1.99. The summed E-state index contributed by atoms with van der Waals surface area (Å²) in [6.07, 6.45) is 3.62. The van der Waals surface area contributed by atoms with Crippen molar-refractivity contribution in [2.75, 3.05) is 0 Å². The van der Waals surface area contributed by atoms with Crippen molar-refractivity contribution in [2.45, 2.75) is 13.8 Å². The molecule has 0 N–H and O–H groups in total. The summed E-state index contributed by atoms with van der Waals surface area (Å²) in [6.45, 7) is 3.98. The third kappa shape index (κ3) is 0.808. The average molecular weight is 147 g/mol. The monoisotopic (exact) mass is 147 g/mol. The first-order valence-electron chi connectivity index (χ1n) is 3.55. The Morgan fingerprint density at radius 2 is 2.18 bits per heavy atom. The van der Waals surface area contributed by atoms with E-state index in [9.17, 15) is 0 Å². The van der Waals surface area contributed by atoms with E-state index in [1.165, 1.54) is 0 Å². The number of hydrogen-bond donors (Lipinski definition) is 0. The van der Waals surface area contributed by atoms with Crippen LogP contribution in [-0.4, -0.2) is 14.6 Å². The molecule has 0 aromatic carbocycles. The average Bonchev–Trinajstić information content (AvgIpc) is 2.45. The van der Waals surface area contributed by atoms with Gasteiger partial charge in [0.2, 0.25) is 0 Å². The molecule has 11 heavy (non-hydrogen) atoms. The SMILES string of the molecule is Cc1ncc(C)n2nccc12. The van der Waals surface area contributed by atoms with Gasteiger partial charge >= 0.3 is 0 Å². The number of fused-ring (bicyclic) bond motifs is 1. The summed E-state index contributed by atoms with van der Waals surface area (Å²) < 4.78 is 1.89. The van der Waals surface area contributed by atoms with Gasteiger partial charge in [0.15, 0.2) is 0 Å². The van der Waals surface area contributed by atoms with Gasteiger partial charge in [-0.1, -0.05) is 0 Å². The largest absolute Gasteiger partial charge is 0.257 e. The molecule has 0 bridgehead atoms. The molecule has 56 valence electrons. The Bertz CT molecular complexity index is 353. The van der Waals surface area contributed by atoms with Crippen molar-refractivity contribution in [1.29, 1.82) is 0 Å². The van der Waals surface area contributed by atoms with E-state index in [0.29, 0.717) is 0 Å². The number of rotatable bonds is 0. The molecule has 0 saturated carbocycles. The molecular weight excluding hydrogens is 138 g/mol. The zero-order valence-electron chi connectivity index (χ0n) is 6.57. The fourth-order valence-electron chi connectivity index (χ4n) is 1.17. The van der Waals surface area contributed by atoms with E-state index in [1.807, 2.05) is 30.6 Å². The first-order valence-corrected chi connectivity index (χ1v) is 3.55. The van der Waals surface area contributed by atoms with Gasteiger partial charge in [0, 0.05) is 6.20 Å². The quantitative estimate of drug-likeness (QED) is 0.563. The van der Waals surface area contributed by atoms with E-state index < -0.39 is 0 Å². The Hall–Kier alpha value is -1.38. The van der Waals surface area contributed by atoms with Crippen molar-refractivity contribution in [3.05, 3.63) is 29.8 Å². The van der Waals surface area contributed by atoms with Gasteiger partial charge < -0.3 is 0 Å². The molecule has 0 atom stereocenters. The Kier molecular flexibility index (Phi) is 1.18. The molecule has 3 heteroatoms. The zero-order valence-corrected chi connectivity index (χ0v) is 6.57. The van der Waals surface area contributed by atoms with Gasteiger partial charge in [0.1, 0.15) is 0 Å². The maximum Gasteiger partial charge on any atom is 0.0877 e. The molecule has 0 aliphatic carbocycles. The molecule has 0 aliphatic heterocycles. The second-order valence-corrected chi connectivity index (χ2v) is 2.61. The second-order valence-electron chi connectivity index (χ2n) is 2.61. The van der Waals surface area contributed by atoms with Crippen molar-refractivity contribution in [2.24, 2.45) is 0 Å². The number of hydrogen-bond acceptors (Lipinski definition) is 2. The predicted octanol–water partition coefficient (Wildman–Crippen LogP) is 1.35. The van der Waals surface area contributed by atoms with Crippen LogP contribution in [0, 0.1) is 13.8 Å². The molecule has 0 aliphatic rings. The van der Waals surface area contributed by atoms with E-state index in [1.54, 1.807) is 6.20 Å². The predicted molar refractivity (Wildman–Crippen MR) is 42.5 cm³/mol. The molecule has 2 aromatic rings. The maximum atomic E-state index is 4.22. The zero-order chi connectivity index (χ0) is 7.84. The molecule has 0 radical (unpaired) electrons. The fourth-order valence-corrected chi connectivity index (χ4v) is 1.17. The smallest absolute Gasteiger partial charge is 0.0877 e. The Morgan fingerprint density at radius 1 is 1.36 bits per heavy atom. The minimum absolute atomic E-state index is 1.02. The van der Waals surface area contributed by atoms with Gasteiger partial charge in [-0.15, -0.1) is 0 Å². The lowest BCUT2D eigenvalue weighted by Gasteiger charge is -1.99. The number of aryl methyl sites for hydroxylation is 2. The topological polar surface area (TPSA) is 30.2 Å². The van der Waals surface area contributed by atoms with Crippen molar-refractivity contribution in [3.8, 4) is 0 Å². The molecule has 2 heterocycles. The van der Waals surface area contributed by atoms with Crippen molar-refractivity contribution in [1.82, 2.24) is 14.6 Å². The standard InChI is InChI=1S/C8H9N3/c1-6-5-9-7(2)8-3-4-10-11(6)8/h3-5H,1-2H3. The highest BCUT2D eigenvalue weighted by molar-refractivity contribution is 5.50. The third-order valence-electron chi connectivity index (χ3n) is 1.79. The maximum absolute atomic E-state index is 4.22. The third-order valence-corrected chi connectivity index (χ3v) is 1.79. The van der Waals surface area contributed by atoms with Gasteiger partial charge in [-0.2, -0.15) is 5.10 Å². The lowest BCUT2D eigenvalue weighted by molar-refractivity contribution is 0.888. The van der Waals surface area contributed by atoms with E-state index >= 15 is 0 Å². The van der Waals surface area contributed by atoms with E-state index in [4.69, 9.17) is 0 Å². The van der Waals surface area contributed by atoms with Gasteiger partial charge in [-0.05, 0) is 19.9 Å². The summed E-state index contributed by atoms with van der Waals surface area (Å²) in [5, 5.41) is 4.16. The van der Waals surface area contributed by atoms with Crippen LogP contribution >= 0.6 is 0 Å². The van der Waals surface area contributed by atoms with Gasteiger partial charge in [0.25, 0.3) is 0 Å². The van der Waals surface area contributed by atoms with Crippen molar-refractivity contribution < 1.29 is 0 Å². The number of aromatic nitrogens is 3. The van der Waals surface area contributed by atoms with Crippen molar-refractivity contribution in [3.63, 3.8) is 0 Å². The van der Waals surface area contributed by atoms with E-state index in [-0.39, 0.29) is 0 Å². The molecule has 0 spiro atoms. The van der Waals surface area contributed by atoms with Crippen LogP contribution in [0.5, 0.6) is 0 Å². The molecule has 0 amide bonds. The molecule has 2 aromatic heterocycles.